The number of alkyl halides is 1. The van der Waals surface area contributed by atoms with Crippen LogP contribution in [0, 0.1) is 0 Å². The van der Waals surface area contributed by atoms with E-state index in [1.54, 1.807) is 0 Å². The summed E-state index contributed by atoms with van der Waals surface area (Å²) >= 11 is 6.04. The molecule has 3 heteroatoms. The minimum absolute atomic E-state index is 0.0872. The third-order valence-electron chi connectivity index (χ3n) is 3.99. The predicted molar refractivity (Wildman–Crippen MR) is 92.6 cm³/mol. The molecule has 0 aromatic heterocycles. The van der Waals surface area contributed by atoms with Gasteiger partial charge < -0.3 is 4.74 Å². The van der Waals surface area contributed by atoms with Crippen LogP contribution in [-0.2, 0) is 4.79 Å². The van der Waals surface area contributed by atoms with E-state index in [4.69, 9.17) is 16.3 Å². The Bertz CT molecular complexity index is 505. The molecular formula is C19H25ClO2. The zero-order valence-electron chi connectivity index (χ0n) is 13.3. The molecule has 1 aliphatic carbocycles. The molecule has 0 heterocycles. The number of halogens is 1. The van der Waals surface area contributed by atoms with E-state index in [1.165, 1.54) is 19.3 Å². The lowest BCUT2D eigenvalue weighted by atomic mass is 9.91. The van der Waals surface area contributed by atoms with Crippen LogP contribution >= 0.6 is 11.6 Å². The fraction of sp³-hybridized carbons (Fsp3) is 0.526. The van der Waals surface area contributed by atoms with Gasteiger partial charge in [0.05, 0.1) is 12.0 Å². The zero-order valence-corrected chi connectivity index (χ0v) is 14.1. The summed E-state index contributed by atoms with van der Waals surface area (Å²) in [5, 5.41) is -0.342. The Morgan fingerprint density at radius 3 is 2.73 bits per heavy atom. The molecule has 120 valence electrons. The Morgan fingerprint density at radius 1 is 1.23 bits per heavy atom. The summed E-state index contributed by atoms with van der Waals surface area (Å²) in [4.78, 5) is 12.0. The van der Waals surface area contributed by atoms with E-state index >= 15 is 0 Å². The molecule has 2 nitrogen and oxygen atoms in total. The normalized spacial score (nSPS) is 20.4. The summed E-state index contributed by atoms with van der Waals surface area (Å²) in [6, 6.07) is 7.94. The topological polar surface area (TPSA) is 26.3 Å². The fourth-order valence-electron chi connectivity index (χ4n) is 2.65. The Labute approximate surface area is 138 Å². The number of rotatable bonds is 7. The average molecular weight is 321 g/mol. The van der Waals surface area contributed by atoms with Gasteiger partial charge in [-0.25, -0.2) is 0 Å². The average Bonchev–Trinajstić information content (AvgIpc) is 2.53. The molecule has 0 bridgehead atoms. The third-order valence-corrected chi connectivity index (χ3v) is 4.41. The maximum absolute atomic E-state index is 12.0. The number of carbonyl (C=O) groups excluding carboxylic acids is 1. The molecule has 1 atom stereocenters. The van der Waals surface area contributed by atoms with Gasteiger partial charge in [0.1, 0.15) is 5.75 Å². The number of hydrogen-bond donors (Lipinski definition) is 0. The lowest BCUT2D eigenvalue weighted by molar-refractivity contribution is -0.116. The highest BCUT2D eigenvalue weighted by molar-refractivity contribution is 6.34. The third kappa shape index (κ3) is 5.17. The summed E-state index contributed by atoms with van der Waals surface area (Å²) in [5.41, 5.74) is 1.88. The van der Waals surface area contributed by atoms with Crippen molar-refractivity contribution in [2.45, 2.75) is 57.2 Å². The van der Waals surface area contributed by atoms with Crippen LogP contribution in [0.3, 0.4) is 0 Å². The molecule has 1 unspecified atom stereocenters. The van der Waals surface area contributed by atoms with E-state index in [-0.39, 0.29) is 11.2 Å². The molecule has 0 amide bonds. The van der Waals surface area contributed by atoms with Crippen molar-refractivity contribution < 1.29 is 9.53 Å². The number of Topliss-reactive ketones (excluding diaryl/α,β-unsaturated/α-hetero) is 1. The highest BCUT2D eigenvalue weighted by Gasteiger charge is 2.24. The number of benzene rings is 1. The molecule has 0 N–H and O–H groups in total. The first-order valence-electron chi connectivity index (χ1n) is 8.32. The quantitative estimate of drug-likeness (QED) is 0.382. The van der Waals surface area contributed by atoms with Crippen molar-refractivity contribution in [3.63, 3.8) is 0 Å². The number of carbonyl (C=O) groups is 1. The summed E-state index contributed by atoms with van der Waals surface area (Å²) in [6.07, 6.45) is 9.41. The Hall–Kier alpha value is -1.28. The fourth-order valence-corrected chi connectivity index (χ4v) is 2.95. The van der Waals surface area contributed by atoms with Gasteiger partial charge in [-0.15, -0.1) is 11.6 Å². The van der Waals surface area contributed by atoms with Gasteiger partial charge in [0.15, 0.2) is 5.78 Å². The van der Waals surface area contributed by atoms with E-state index < -0.39 is 0 Å². The Balaban J connectivity index is 1.87. The smallest absolute Gasteiger partial charge is 0.176 e. The highest BCUT2D eigenvalue weighted by atomic mass is 35.5. The predicted octanol–water partition coefficient (Wildman–Crippen LogP) is 5.39. The molecule has 1 saturated carbocycles. The monoisotopic (exact) mass is 320 g/mol. The van der Waals surface area contributed by atoms with Crippen LogP contribution in [0.4, 0.5) is 0 Å². The second-order valence-electron chi connectivity index (χ2n) is 5.87. The SMILES string of the molecule is CCCCCCOc1ccc(C=C2CCCC(Cl)C2=O)cc1. The number of ketones is 1. The van der Waals surface area contributed by atoms with Gasteiger partial charge in [-0.2, -0.15) is 0 Å². The van der Waals surface area contributed by atoms with Crippen molar-refractivity contribution in [3.05, 3.63) is 35.4 Å². The summed E-state index contributed by atoms with van der Waals surface area (Å²) in [7, 11) is 0. The lowest BCUT2D eigenvalue weighted by Gasteiger charge is -2.17. The largest absolute Gasteiger partial charge is 0.494 e. The maximum Gasteiger partial charge on any atom is 0.176 e. The molecular weight excluding hydrogens is 296 g/mol. The van der Waals surface area contributed by atoms with E-state index in [9.17, 15) is 4.79 Å². The van der Waals surface area contributed by atoms with Crippen LogP contribution in [0.15, 0.2) is 29.8 Å². The van der Waals surface area contributed by atoms with Gasteiger partial charge in [-0.1, -0.05) is 38.3 Å². The van der Waals surface area contributed by atoms with Gasteiger partial charge in [0, 0.05) is 0 Å². The second kappa shape index (κ2) is 8.99. The highest BCUT2D eigenvalue weighted by Crippen LogP contribution is 2.26. The van der Waals surface area contributed by atoms with Crippen LogP contribution in [-0.4, -0.2) is 17.8 Å². The minimum Gasteiger partial charge on any atom is -0.494 e. The summed E-state index contributed by atoms with van der Waals surface area (Å²) < 4.78 is 5.73. The van der Waals surface area contributed by atoms with Crippen LogP contribution in [0.25, 0.3) is 6.08 Å². The second-order valence-corrected chi connectivity index (χ2v) is 6.40. The van der Waals surface area contributed by atoms with Crippen molar-refractivity contribution in [1.29, 1.82) is 0 Å². The maximum atomic E-state index is 12.0. The zero-order chi connectivity index (χ0) is 15.8. The van der Waals surface area contributed by atoms with Crippen molar-refractivity contribution in [1.82, 2.24) is 0 Å². The molecule has 1 aromatic rings. The number of unbranched alkanes of at least 4 members (excludes halogenated alkanes) is 3. The molecule has 1 aromatic carbocycles. The van der Waals surface area contributed by atoms with Crippen LogP contribution in [0.1, 0.15) is 57.4 Å². The molecule has 1 fully saturated rings. The van der Waals surface area contributed by atoms with Crippen molar-refractivity contribution in [2.24, 2.45) is 0 Å². The van der Waals surface area contributed by atoms with Gasteiger partial charge >= 0.3 is 0 Å². The molecule has 0 aliphatic heterocycles. The Kier molecular flexibility index (Phi) is 6.98. The van der Waals surface area contributed by atoms with Crippen molar-refractivity contribution in [3.8, 4) is 5.75 Å². The first-order valence-corrected chi connectivity index (χ1v) is 8.76. The van der Waals surface area contributed by atoms with Gasteiger partial charge in [0.25, 0.3) is 0 Å². The van der Waals surface area contributed by atoms with E-state index in [1.807, 2.05) is 30.3 Å². The molecule has 0 radical (unpaired) electrons. The van der Waals surface area contributed by atoms with Crippen molar-refractivity contribution >= 4 is 23.5 Å². The van der Waals surface area contributed by atoms with Gasteiger partial charge in [-0.05, 0) is 55.0 Å². The van der Waals surface area contributed by atoms with E-state index in [2.05, 4.69) is 6.92 Å². The summed E-state index contributed by atoms with van der Waals surface area (Å²) in [6.45, 7) is 2.98. The van der Waals surface area contributed by atoms with Crippen LogP contribution < -0.4 is 4.74 Å². The Morgan fingerprint density at radius 2 is 2.00 bits per heavy atom. The molecule has 0 saturated heterocycles. The first-order chi connectivity index (χ1) is 10.7. The van der Waals surface area contributed by atoms with Crippen molar-refractivity contribution in [2.75, 3.05) is 6.61 Å². The lowest BCUT2D eigenvalue weighted by Crippen LogP contribution is -2.21. The van der Waals surface area contributed by atoms with E-state index in [0.717, 1.165) is 49.2 Å². The standard InChI is InChI=1S/C19H25ClO2/c1-2-3-4-5-13-22-17-11-9-15(10-12-17)14-16-7-6-8-18(20)19(16)21/h9-12,14,18H,2-8,13H2,1H3. The summed E-state index contributed by atoms with van der Waals surface area (Å²) in [5.74, 6) is 0.980. The number of hydrogen-bond acceptors (Lipinski definition) is 2. The van der Waals surface area contributed by atoms with Crippen LogP contribution in [0.5, 0.6) is 5.75 Å². The number of ether oxygens (including phenoxy) is 1. The molecule has 0 spiro atoms. The minimum atomic E-state index is -0.342. The van der Waals surface area contributed by atoms with Crippen LogP contribution in [0.2, 0.25) is 0 Å². The molecule has 2 rings (SSSR count). The molecule has 22 heavy (non-hydrogen) atoms. The molecule has 1 aliphatic rings. The van der Waals surface area contributed by atoms with Gasteiger partial charge in [-0.3, -0.25) is 4.79 Å². The first kappa shape index (κ1) is 17.1. The van der Waals surface area contributed by atoms with E-state index in [0.29, 0.717) is 0 Å². The van der Waals surface area contributed by atoms with Gasteiger partial charge in [0.2, 0.25) is 0 Å². The number of allylic oxidation sites excluding steroid dienone is 1.